The van der Waals surface area contributed by atoms with Gasteiger partial charge in [0.05, 0.1) is 25.5 Å². The van der Waals surface area contributed by atoms with Gasteiger partial charge >= 0.3 is 0 Å². The first kappa shape index (κ1) is 29.1. The number of benzene rings is 4. The summed E-state index contributed by atoms with van der Waals surface area (Å²) in [5.74, 6) is -1.20. The Morgan fingerprint density at radius 2 is 1.42 bits per heavy atom. The smallest absolute Gasteiger partial charge is 0.299 e. The van der Waals surface area contributed by atoms with E-state index in [1.54, 1.807) is 87.0 Å². The van der Waals surface area contributed by atoms with Gasteiger partial charge in [0.1, 0.15) is 24.1 Å². The molecule has 1 heterocycles. The van der Waals surface area contributed by atoms with Crippen molar-refractivity contribution in [1.29, 1.82) is 0 Å². The Morgan fingerprint density at radius 1 is 0.814 bits per heavy atom. The quantitative estimate of drug-likeness (QED) is 0.268. The molecule has 0 aromatic heterocycles. The average Bonchev–Trinajstić information content (AvgIpc) is 3.27. The zero-order valence-corrected chi connectivity index (χ0v) is 24.1. The number of para-hydroxylation sites is 1. The summed E-state index contributed by atoms with van der Waals surface area (Å²) in [6, 6.07) is 26.9. The van der Waals surface area contributed by atoms with Crippen LogP contribution < -0.4 is 19.7 Å². The number of hydrogen-bond donors (Lipinski definition) is 1. The van der Waals surface area contributed by atoms with Gasteiger partial charge in [-0.2, -0.15) is 0 Å². The van der Waals surface area contributed by atoms with E-state index in [0.29, 0.717) is 28.4 Å². The van der Waals surface area contributed by atoms with Crippen LogP contribution in [0.3, 0.4) is 0 Å². The molecule has 4 aromatic carbocycles. The number of ketones is 1. The number of nitrogens with zero attached hydrogens (tertiary/aromatic N) is 2. The largest absolute Gasteiger partial charge is 0.497 e. The molecule has 1 aliphatic heterocycles. The number of Topliss-reactive ketones (excluding diaryl/α,β-unsaturated/α-hetero) is 1. The monoisotopic (exact) mass is 577 g/mol. The van der Waals surface area contributed by atoms with Gasteiger partial charge in [0.2, 0.25) is 5.91 Å². The van der Waals surface area contributed by atoms with Crippen molar-refractivity contribution < 1.29 is 28.7 Å². The number of fused-ring (bicyclic) bond motifs is 1. The number of hydrogen-bond acceptors (Lipinski definition) is 6. The Labute approximate surface area is 249 Å². The molecule has 43 heavy (non-hydrogen) atoms. The average molecular weight is 578 g/mol. The van der Waals surface area contributed by atoms with Crippen LogP contribution in [0.15, 0.2) is 97.1 Å². The lowest BCUT2D eigenvalue weighted by Gasteiger charge is -2.33. The predicted octanol–water partition coefficient (Wildman–Crippen LogP) is 4.95. The van der Waals surface area contributed by atoms with E-state index in [-0.39, 0.29) is 12.1 Å². The minimum absolute atomic E-state index is 0.0729. The molecule has 1 unspecified atom stereocenters. The van der Waals surface area contributed by atoms with Crippen LogP contribution in [0.4, 0.5) is 11.4 Å². The zero-order valence-electron chi connectivity index (χ0n) is 24.1. The van der Waals surface area contributed by atoms with Gasteiger partial charge in [-0.1, -0.05) is 54.1 Å². The Bertz CT molecular complexity index is 1650. The topological polar surface area (TPSA) is 105 Å². The molecule has 0 aliphatic carbocycles. The third kappa shape index (κ3) is 6.25. The van der Waals surface area contributed by atoms with Crippen LogP contribution in [0.5, 0.6) is 11.5 Å². The molecule has 0 saturated carbocycles. The second-order valence-electron chi connectivity index (χ2n) is 10.1. The van der Waals surface area contributed by atoms with E-state index in [1.807, 2.05) is 31.2 Å². The molecule has 9 nitrogen and oxygen atoms in total. The first-order valence-corrected chi connectivity index (χ1v) is 13.7. The first-order valence-electron chi connectivity index (χ1n) is 13.7. The lowest BCUT2D eigenvalue weighted by atomic mass is 10.0. The molecule has 9 heteroatoms. The molecule has 1 atom stereocenters. The highest BCUT2D eigenvalue weighted by Crippen LogP contribution is 2.31. The van der Waals surface area contributed by atoms with Crippen molar-refractivity contribution in [1.82, 2.24) is 4.90 Å². The van der Waals surface area contributed by atoms with E-state index in [9.17, 15) is 19.2 Å². The maximum atomic E-state index is 14.2. The van der Waals surface area contributed by atoms with Crippen molar-refractivity contribution in [3.8, 4) is 11.5 Å². The molecular weight excluding hydrogens is 546 g/mol. The number of carbonyl (C=O) groups excluding carboxylic acids is 4. The van der Waals surface area contributed by atoms with Crippen LogP contribution in [-0.4, -0.2) is 49.2 Å². The number of nitrogens with one attached hydrogen (secondary N) is 1. The Kier molecular flexibility index (Phi) is 8.52. The molecule has 0 radical (unpaired) electrons. The summed E-state index contributed by atoms with van der Waals surface area (Å²) in [5, 5.41) is 2.92. The van der Waals surface area contributed by atoms with Gasteiger partial charge in [0.25, 0.3) is 17.6 Å². The second-order valence-corrected chi connectivity index (χ2v) is 10.1. The Morgan fingerprint density at radius 3 is 2.05 bits per heavy atom. The molecule has 0 fully saturated rings. The normalized spacial score (nSPS) is 12.9. The van der Waals surface area contributed by atoms with Crippen molar-refractivity contribution in [3.05, 3.63) is 119 Å². The Hall–Kier alpha value is -5.44. The third-order valence-corrected chi connectivity index (χ3v) is 7.32. The Balaban J connectivity index is 1.54. The van der Waals surface area contributed by atoms with Gasteiger partial charge < -0.3 is 19.7 Å². The summed E-state index contributed by atoms with van der Waals surface area (Å²) >= 11 is 0. The SMILES string of the molecule is COc1ccc(NC(=O)C(c2ccc(OC)cc2)N(Cc2ccc(C)cc2)C(=O)CN2C(=O)C(=O)c3ccccc32)cc1. The number of aryl methyl sites for hydroxylation is 1. The van der Waals surface area contributed by atoms with Crippen LogP contribution in [0.1, 0.15) is 33.1 Å². The van der Waals surface area contributed by atoms with E-state index in [2.05, 4.69) is 5.32 Å². The minimum atomic E-state index is -1.09. The maximum absolute atomic E-state index is 14.2. The second kappa shape index (κ2) is 12.6. The number of ether oxygens (including phenoxy) is 2. The molecule has 1 N–H and O–H groups in total. The van der Waals surface area contributed by atoms with E-state index in [1.165, 1.54) is 9.80 Å². The molecular formula is C34H31N3O6. The van der Waals surface area contributed by atoms with Crippen molar-refractivity contribution in [3.63, 3.8) is 0 Å². The maximum Gasteiger partial charge on any atom is 0.299 e. The number of carbonyl (C=O) groups is 4. The van der Waals surface area contributed by atoms with Gasteiger partial charge in [-0.15, -0.1) is 0 Å². The molecule has 0 saturated heterocycles. The van der Waals surface area contributed by atoms with E-state index < -0.39 is 36.1 Å². The van der Waals surface area contributed by atoms with Crippen LogP contribution in [-0.2, 0) is 20.9 Å². The first-order chi connectivity index (χ1) is 20.8. The molecule has 0 spiro atoms. The van der Waals surface area contributed by atoms with Crippen LogP contribution >= 0.6 is 0 Å². The number of amides is 3. The molecule has 3 amide bonds. The van der Waals surface area contributed by atoms with Crippen LogP contribution in [0.2, 0.25) is 0 Å². The van der Waals surface area contributed by atoms with Crippen molar-refractivity contribution in [2.45, 2.75) is 19.5 Å². The zero-order chi connectivity index (χ0) is 30.5. The summed E-state index contributed by atoms with van der Waals surface area (Å²) in [6.07, 6.45) is 0. The highest BCUT2D eigenvalue weighted by molar-refractivity contribution is 6.52. The van der Waals surface area contributed by atoms with E-state index in [0.717, 1.165) is 11.1 Å². The molecule has 5 rings (SSSR count). The van der Waals surface area contributed by atoms with Crippen molar-refractivity contribution >= 4 is 34.9 Å². The molecule has 1 aliphatic rings. The summed E-state index contributed by atoms with van der Waals surface area (Å²) < 4.78 is 10.5. The fraction of sp³-hybridized carbons (Fsp3) is 0.176. The van der Waals surface area contributed by atoms with Gasteiger partial charge in [-0.25, -0.2) is 0 Å². The summed E-state index contributed by atoms with van der Waals surface area (Å²) in [7, 11) is 3.10. The van der Waals surface area contributed by atoms with Crippen molar-refractivity contribution in [2.24, 2.45) is 0 Å². The fourth-order valence-corrected chi connectivity index (χ4v) is 4.99. The third-order valence-electron chi connectivity index (χ3n) is 7.32. The van der Waals surface area contributed by atoms with Gasteiger partial charge in [-0.3, -0.25) is 24.1 Å². The minimum Gasteiger partial charge on any atom is -0.497 e. The lowest BCUT2D eigenvalue weighted by molar-refractivity contribution is -0.139. The van der Waals surface area contributed by atoms with Crippen LogP contribution in [0, 0.1) is 6.92 Å². The summed E-state index contributed by atoms with van der Waals surface area (Å²) in [6.45, 7) is 1.61. The van der Waals surface area contributed by atoms with Gasteiger partial charge in [0, 0.05) is 12.2 Å². The van der Waals surface area contributed by atoms with Gasteiger partial charge in [-0.05, 0) is 66.6 Å². The number of anilines is 2. The molecule has 0 bridgehead atoms. The van der Waals surface area contributed by atoms with Crippen molar-refractivity contribution in [2.75, 3.05) is 31.0 Å². The number of methoxy groups -OCH3 is 2. The molecule has 218 valence electrons. The highest BCUT2D eigenvalue weighted by atomic mass is 16.5. The lowest BCUT2D eigenvalue weighted by Crippen LogP contribution is -2.46. The summed E-state index contributed by atoms with van der Waals surface area (Å²) in [4.78, 5) is 56.5. The summed E-state index contributed by atoms with van der Waals surface area (Å²) in [5.41, 5.74) is 3.50. The van der Waals surface area contributed by atoms with E-state index in [4.69, 9.17) is 9.47 Å². The molecule has 4 aromatic rings. The highest BCUT2D eigenvalue weighted by Gasteiger charge is 2.39. The number of rotatable bonds is 10. The van der Waals surface area contributed by atoms with E-state index >= 15 is 0 Å². The predicted molar refractivity (Wildman–Crippen MR) is 162 cm³/mol. The standard InChI is InChI=1S/C34H31N3O6/c1-22-8-10-23(11-9-22)20-37(30(38)21-36-29-7-5-4-6-28(29)32(39)34(36)41)31(24-12-16-26(42-2)17-13-24)33(40)35-25-14-18-27(43-3)19-15-25/h4-19,31H,20-21H2,1-3H3,(H,35,40). The van der Waals surface area contributed by atoms with Gasteiger partial charge in [0.15, 0.2) is 0 Å². The van der Waals surface area contributed by atoms with Crippen LogP contribution in [0.25, 0.3) is 0 Å². The fourth-order valence-electron chi connectivity index (χ4n) is 4.99.